The number of esters is 1. The first-order valence-electron chi connectivity index (χ1n) is 11.7. The van der Waals surface area contributed by atoms with E-state index >= 15 is 0 Å². The molecule has 1 heterocycles. The third kappa shape index (κ3) is 6.98. The Hall–Kier alpha value is -2.02. The first-order valence-corrected chi connectivity index (χ1v) is 13.3. The van der Waals surface area contributed by atoms with E-state index in [1.807, 2.05) is 0 Å². The van der Waals surface area contributed by atoms with Gasteiger partial charge in [-0.3, -0.25) is 9.36 Å². The molecule has 1 aliphatic carbocycles. The fraction of sp³-hybridized carbons (Fsp3) is 0.625. The van der Waals surface area contributed by atoms with Crippen molar-refractivity contribution in [2.75, 3.05) is 13.2 Å². The van der Waals surface area contributed by atoms with Crippen LogP contribution >= 0.6 is 7.60 Å². The zero-order chi connectivity index (χ0) is 24.1. The normalized spacial score (nSPS) is 15.8. The van der Waals surface area contributed by atoms with Crippen molar-refractivity contribution in [3.8, 4) is 0 Å². The standard InChI is InChI=1S/C24H35N2O6P/c1-6-29-33(28,30-7-2)20(23(27)31-24(3,4)5)16-22-25-21(26-32-22)15-17-11-13-19(14-12-17)18-9-8-10-18/h11-14,18,20H,6-10,15-16H2,1-5H3. The Labute approximate surface area is 195 Å². The van der Waals surface area contributed by atoms with Gasteiger partial charge in [-0.1, -0.05) is 35.8 Å². The maximum absolute atomic E-state index is 13.4. The number of rotatable bonds is 11. The molecule has 3 rings (SSSR count). The summed E-state index contributed by atoms with van der Waals surface area (Å²) in [6.45, 7) is 8.88. The van der Waals surface area contributed by atoms with Crippen LogP contribution in [0.25, 0.3) is 0 Å². The van der Waals surface area contributed by atoms with Gasteiger partial charge in [-0.25, -0.2) is 0 Å². The third-order valence-electron chi connectivity index (χ3n) is 5.48. The fourth-order valence-corrected chi connectivity index (χ4v) is 5.56. The molecule has 1 unspecified atom stereocenters. The fourth-order valence-electron chi connectivity index (χ4n) is 3.71. The highest BCUT2D eigenvalue weighted by Gasteiger charge is 2.44. The van der Waals surface area contributed by atoms with Crippen LogP contribution in [0, 0.1) is 0 Å². The van der Waals surface area contributed by atoms with Gasteiger partial charge in [-0.2, -0.15) is 4.98 Å². The maximum atomic E-state index is 13.4. The lowest BCUT2D eigenvalue weighted by Gasteiger charge is -2.27. The Kier molecular flexibility index (Phi) is 8.48. The maximum Gasteiger partial charge on any atom is 0.345 e. The van der Waals surface area contributed by atoms with Crippen molar-refractivity contribution in [3.05, 3.63) is 47.1 Å². The van der Waals surface area contributed by atoms with E-state index < -0.39 is 24.8 Å². The first-order chi connectivity index (χ1) is 15.6. The highest BCUT2D eigenvalue weighted by molar-refractivity contribution is 7.55. The number of hydrogen-bond donors (Lipinski definition) is 0. The summed E-state index contributed by atoms with van der Waals surface area (Å²) in [6.07, 6.45) is 4.24. The monoisotopic (exact) mass is 478 g/mol. The van der Waals surface area contributed by atoms with Gasteiger partial charge in [-0.15, -0.1) is 0 Å². The van der Waals surface area contributed by atoms with Crippen LogP contribution in [0.2, 0.25) is 0 Å². The summed E-state index contributed by atoms with van der Waals surface area (Å²) in [6, 6.07) is 8.51. The smallest absolute Gasteiger partial charge is 0.345 e. The van der Waals surface area contributed by atoms with Crippen LogP contribution in [0.3, 0.4) is 0 Å². The Morgan fingerprint density at radius 2 is 1.79 bits per heavy atom. The molecule has 0 radical (unpaired) electrons. The molecule has 1 aromatic carbocycles. The minimum Gasteiger partial charge on any atom is -0.459 e. The molecule has 1 saturated carbocycles. The molecule has 0 amide bonds. The molecule has 1 atom stereocenters. The summed E-state index contributed by atoms with van der Waals surface area (Å²) >= 11 is 0. The van der Waals surface area contributed by atoms with Crippen molar-refractivity contribution < 1.29 is 27.7 Å². The van der Waals surface area contributed by atoms with Gasteiger partial charge in [0.15, 0.2) is 11.5 Å². The molecule has 1 fully saturated rings. The van der Waals surface area contributed by atoms with E-state index in [-0.39, 0.29) is 25.5 Å². The van der Waals surface area contributed by atoms with E-state index in [2.05, 4.69) is 34.4 Å². The SMILES string of the molecule is CCOP(=O)(OCC)C(Cc1nc(Cc2ccc(C3CCC3)cc2)no1)C(=O)OC(C)(C)C. The zero-order valence-corrected chi connectivity index (χ0v) is 21.1. The number of ether oxygens (including phenoxy) is 1. The lowest BCUT2D eigenvalue weighted by atomic mass is 9.80. The van der Waals surface area contributed by atoms with E-state index in [1.54, 1.807) is 34.6 Å². The van der Waals surface area contributed by atoms with Gasteiger partial charge in [-0.05, 0) is 64.5 Å². The van der Waals surface area contributed by atoms with Crippen molar-refractivity contribution in [2.24, 2.45) is 0 Å². The van der Waals surface area contributed by atoms with Crippen LogP contribution in [-0.2, 0) is 36.0 Å². The summed E-state index contributed by atoms with van der Waals surface area (Å²) in [5.41, 5.74) is 0.487. The molecule has 182 valence electrons. The molecular weight excluding hydrogens is 443 g/mol. The molecule has 9 heteroatoms. The van der Waals surface area contributed by atoms with Crippen LogP contribution in [-0.4, -0.2) is 40.6 Å². The van der Waals surface area contributed by atoms with Crippen molar-refractivity contribution in [3.63, 3.8) is 0 Å². The zero-order valence-electron chi connectivity index (χ0n) is 20.2. The molecule has 1 aromatic heterocycles. The lowest BCUT2D eigenvalue weighted by Crippen LogP contribution is -2.34. The molecule has 0 N–H and O–H groups in total. The van der Waals surface area contributed by atoms with Gasteiger partial charge >= 0.3 is 13.6 Å². The molecule has 0 spiro atoms. The van der Waals surface area contributed by atoms with Gasteiger partial charge in [0.1, 0.15) is 5.60 Å². The summed E-state index contributed by atoms with van der Waals surface area (Å²) < 4.78 is 35.2. The number of aromatic nitrogens is 2. The van der Waals surface area contributed by atoms with Gasteiger partial charge in [0.2, 0.25) is 5.89 Å². The quantitative estimate of drug-likeness (QED) is 0.311. The highest BCUT2D eigenvalue weighted by Crippen LogP contribution is 2.54. The average Bonchev–Trinajstić information content (AvgIpc) is 3.12. The van der Waals surface area contributed by atoms with Crippen molar-refractivity contribution in [1.29, 1.82) is 0 Å². The molecular formula is C24H35N2O6P. The number of hydrogen-bond acceptors (Lipinski definition) is 8. The van der Waals surface area contributed by atoms with Gasteiger partial charge in [0, 0.05) is 6.42 Å². The summed E-state index contributed by atoms with van der Waals surface area (Å²) in [4.78, 5) is 17.4. The van der Waals surface area contributed by atoms with E-state index in [9.17, 15) is 9.36 Å². The molecule has 0 aliphatic heterocycles. The number of benzene rings is 1. The predicted octanol–water partition coefficient (Wildman–Crippen LogP) is 5.45. The predicted molar refractivity (Wildman–Crippen MR) is 124 cm³/mol. The van der Waals surface area contributed by atoms with Crippen LogP contribution < -0.4 is 0 Å². The molecule has 8 nitrogen and oxygen atoms in total. The lowest BCUT2D eigenvalue weighted by molar-refractivity contribution is -0.154. The average molecular weight is 479 g/mol. The molecule has 0 bridgehead atoms. The minimum absolute atomic E-state index is 0.0974. The second kappa shape index (κ2) is 10.9. The largest absolute Gasteiger partial charge is 0.459 e. The number of nitrogens with zero attached hydrogens (tertiary/aromatic N) is 2. The van der Waals surface area contributed by atoms with Crippen LogP contribution in [0.1, 0.15) is 82.6 Å². The molecule has 33 heavy (non-hydrogen) atoms. The van der Waals surface area contributed by atoms with E-state index in [4.69, 9.17) is 18.3 Å². The van der Waals surface area contributed by atoms with Crippen LogP contribution in [0.15, 0.2) is 28.8 Å². The van der Waals surface area contributed by atoms with E-state index in [1.165, 1.54) is 24.8 Å². The van der Waals surface area contributed by atoms with Gasteiger partial charge in [0.05, 0.1) is 19.6 Å². The van der Waals surface area contributed by atoms with Gasteiger partial charge in [0.25, 0.3) is 0 Å². The van der Waals surface area contributed by atoms with Crippen LogP contribution in [0.5, 0.6) is 0 Å². The highest BCUT2D eigenvalue weighted by atomic mass is 31.2. The van der Waals surface area contributed by atoms with Crippen molar-refractivity contribution in [2.45, 2.75) is 83.9 Å². The van der Waals surface area contributed by atoms with Crippen molar-refractivity contribution >= 4 is 13.6 Å². The minimum atomic E-state index is -3.81. The molecule has 0 saturated heterocycles. The first kappa shape index (κ1) is 25.6. The third-order valence-corrected chi connectivity index (χ3v) is 7.87. The molecule has 1 aliphatic rings. The van der Waals surface area contributed by atoms with Crippen molar-refractivity contribution in [1.82, 2.24) is 10.1 Å². The summed E-state index contributed by atoms with van der Waals surface area (Å²) in [5.74, 6) is 0.685. The Bertz CT molecular complexity index is 952. The summed E-state index contributed by atoms with van der Waals surface area (Å²) in [5, 5.41) is 4.05. The Morgan fingerprint density at radius 1 is 1.15 bits per heavy atom. The summed E-state index contributed by atoms with van der Waals surface area (Å²) in [7, 11) is -3.81. The van der Waals surface area contributed by atoms with E-state index in [0.29, 0.717) is 18.2 Å². The van der Waals surface area contributed by atoms with Gasteiger partial charge < -0.3 is 18.3 Å². The second-order valence-electron chi connectivity index (χ2n) is 9.28. The van der Waals surface area contributed by atoms with Crippen LogP contribution in [0.4, 0.5) is 0 Å². The number of carbonyl (C=O) groups is 1. The Balaban J connectivity index is 1.74. The topological polar surface area (TPSA) is 101 Å². The molecule has 2 aromatic rings. The second-order valence-corrected chi connectivity index (χ2v) is 11.5. The number of carbonyl (C=O) groups excluding carboxylic acids is 1. The van der Waals surface area contributed by atoms with E-state index in [0.717, 1.165) is 5.56 Å². The Morgan fingerprint density at radius 3 is 2.30 bits per heavy atom.